The summed E-state index contributed by atoms with van der Waals surface area (Å²) in [6, 6.07) is 5.67. The SMILES string of the molecule is O=C(O)c1ccn(-c2cc(Br)ccc2F)n1. The van der Waals surface area contributed by atoms with Crippen molar-refractivity contribution in [2.24, 2.45) is 0 Å². The minimum atomic E-state index is -1.14. The lowest BCUT2D eigenvalue weighted by molar-refractivity contribution is 0.0690. The number of benzene rings is 1. The average Bonchev–Trinajstić information content (AvgIpc) is 2.70. The number of halogens is 2. The molecule has 0 unspecified atom stereocenters. The van der Waals surface area contributed by atoms with Crippen molar-refractivity contribution in [2.75, 3.05) is 0 Å². The molecule has 1 N–H and O–H groups in total. The summed E-state index contributed by atoms with van der Waals surface area (Å²) >= 11 is 3.21. The molecular formula is C10H6BrFN2O2. The lowest BCUT2D eigenvalue weighted by atomic mass is 10.3. The van der Waals surface area contributed by atoms with Gasteiger partial charge in [0.2, 0.25) is 0 Å². The van der Waals surface area contributed by atoms with Crippen LogP contribution in [-0.4, -0.2) is 20.9 Å². The van der Waals surface area contributed by atoms with E-state index >= 15 is 0 Å². The van der Waals surface area contributed by atoms with E-state index in [-0.39, 0.29) is 11.4 Å². The van der Waals surface area contributed by atoms with Crippen LogP contribution in [0.4, 0.5) is 4.39 Å². The molecule has 1 aromatic carbocycles. The van der Waals surface area contributed by atoms with Crippen molar-refractivity contribution in [3.05, 3.63) is 46.4 Å². The number of hydrogen-bond acceptors (Lipinski definition) is 2. The molecule has 4 nitrogen and oxygen atoms in total. The zero-order valence-corrected chi connectivity index (χ0v) is 9.48. The van der Waals surface area contributed by atoms with E-state index in [9.17, 15) is 9.18 Å². The van der Waals surface area contributed by atoms with Crippen molar-refractivity contribution in [2.45, 2.75) is 0 Å². The van der Waals surface area contributed by atoms with E-state index in [4.69, 9.17) is 5.11 Å². The molecule has 0 bridgehead atoms. The van der Waals surface area contributed by atoms with Gasteiger partial charge in [-0.25, -0.2) is 13.9 Å². The predicted octanol–water partition coefficient (Wildman–Crippen LogP) is 2.47. The van der Waals surface area contributed by atoms with Gasteiger partial charge < -0.3 is 5.11 Å². The predicted molar refractivity (Wildman–Crippen MR) is 58.2 cm³/mol. The smallest absolute Gasteiger partial charge is 0.356 e. The number of hydrogen-bond donors (Lipinski definition) is 1. The van der Waals surface area contributed by atoms with Crippen LogP contribution in [0.1, 0.15) is 10.5 Å². The molecule has 2 rings (SSSR count). The quantitative estimate of drug-likeness (QED) is 0.922. The molecule has 82 valence electrons. The van der Waals surface area contributed by atoms with Crippen LogP contribution >= 0.6 is 15.9 Å². The summed E-state index contributed by atoms with van der Waals surface area (Å²) in [5.74, 6) is -1.61. The lowest BCUT2D eigenvalue weighted by Gasteiger charge is -2.03. The van der Waals surface area contributed by atoms with Gasteiger partial charge >= 0.3 is 5.97 Å². The van der Waals surface area contributed by atoms with Crippen LogP contribution in [0.3, 0.4) is 0 Å². The molecule has 0 aliphatic heterocycles. The Balaban J connectivity index is 2.50. The molecule has 0 radical (unpaired) electrons. The first kappa shape index (κ1) is 10.8. The van der Waals surface area contributed by atoms with E-state index in [0.29, 0.717) is 4.47 Å². The number of carbonyl (C=O) groups is 1. The summed E-state index contributed by atoms with van der Waals surface area (Å²) in [4.78, 5) is 10.6. The highest BCUT2D eigenvalue weighted by Gasteiger charge is 2.10. The topological polar surface area (TPSA) is 55.1 Å². The second-order valence-corrected chi connectivity index (χ2v) is 3.96. The van der Waals surface area contributed by atoms with Gasteiger partial charge in [-0.15, -0.1) is 0 Å². The highest BCUT2D eigenvalue weighted by molar-refractivity contribution is 9.10. The maximum atomic E-state index is 13.4. The van der Waals surface area contributed by atoms with Gasteiger partial charge in [-0.1, -0.05) is 15.9 Å². The van der Waals surface area contributed by atoms with Crippen molar-refractivity contribution < 1.29 is 14.3 Å². The molecule has 2 aromatic rings. The maximum Gasteiger partial charge on any atom is 0.356 e. The third-order valence-corrected chi connectivity index (χ3v) is 2.46. The molecule has 6 heteroatoms. The van der Waals surface area contributed by atoms with Gasteiger partial charge in [0.05, 0.1) is 0 Å². The Hall–Kier alpha value is -1.69. The van der Waals surface area contributed by atoms with Gasteiger partial charge in [0.25, 0.3) is 0 Å². The number of carboxylic acids is 1. The van der Waals surface area contributed by atoms with Gasteiger partial charge in [-0.2, -0.15) is 5.10 Å². The largest absolute Gasteiger partial charge is 0.476 e. The maximum absolute atomic E-state index is 13.4. The fourth-order valence-corrected chi connectivity index (χ4v) is 1.58. The lowest BCUT2D eigenvalue weighted by Crippen LogP contribution is -2.02. The third kappa shape index (κ3) is 1.96. The molecule has 0 amide bonds. The summed E-state index contributed by atoms with van der Waals surface area (Å²) in [6.45, 7) is 0. The van der Waals surface area contributed by atoms with Crippen molar-refractivity contribution in [1.29, 1.82) is 0 Å². The Kier molecular flexibility index (Phi) is 2.74. The molecule has 1 aromatic heterocycles. The first-order chi connectivity index (χ1) is 7.58. The zero-order valence-electron chi connectivity index (χ0n) is 7.89. The Morgan fingerprint density at radius 2 is 2.19 bits per heavy atom. The highest BCUT2D eigenvalue weighted by Crippen LogP contribution is 2.18. The van der Waals surface area contributed by atoms with Crippen LogP contribution < -0.4 is 0 Å². The van der Waals surface area contributed by atoms with E-state index in [0.717, 1.165) is 0 Å². The van der Waals surface area contributed by atoms with Crippen molar-refractivity contribution >= 4 is 21.9 Å². The standard InChI is InChI=1S/C10H6BrFN2O2/c11-6-1-2-7(12)9(5-6)14-4-3-8(13-14)10(15)16/h1-5H,(H,15,16). The average molecular weight is 285 g/mol. The van der Waals surface area contributed by atoms with E-state index < -0.39 is 11.8 Å². The van der Waals surface area contributed by atoms with Gasteiger partial charge in [-0.3, -0.25) is 0 Å². The molecule has 1 heterocycles. The summed E-state index contributed by atoms with van der Waals surface area (Å²) in [6.07, 6.45) is 1.40. The van der Waals surface area contributed by atoms with Crippen molar-refractivity contribution in [3.63, 3.8) is 0 Å². The Labute approximate surface area is 98.4 Å². The molecule has 0 aliphatic rings. The van der Waals surface area contributed by atoms with Crippen molar-refractivity contribution in [1.82, 2.24) is 9.78 Å². The van der Waals surface area contributed by atoms with Crippen LogP contribution in [0.5, 0.6) is 0 Å². The van der Waals surface area contributed by atoms with Crippen LogP contribution in [0, 0.1) is 5.82 Å². The number of carboxylic acid groups (broad SMARTS) is 1. The Morgan fingerprint density at radius 3 is 2.81 bits per heavy atom. The number of aromatic nitrogens is 2. The van der Waals surface area contributed by atoms with E-state index in [1.165, 1.54) is 29.1 Å². The van der Waals surface area contributed by atoms with E-state index in [2.05, 4.69) is 21.0 Å². The van der Waals surface area contributed by atoms with Gasteiger partial charge in [0.15, 0.2) is 5.69 Å². The van der Waals surface area contributed by atoms with Crippen LogP contribution in [-0.2, 0) is 0 Å². The number of nitrogens with zero attached hydrogens (tertiary/aromatic N) is 2. The van der Waals surface area contributed by atoms with E-state index in [1.54, 1.807) is 6.07 Å². The molecular weight excluding hydrogens is 279 g/mol. The fourth-order valence-electron chi connectivity index (χ4n) is 1.23. The molecule has 16 heavy (non-hydrogen) atoms. The fraction of sp³-hybridized carbons (Fsp3) is 0. The molecule has 0 saturated heterocycles. The summed E-state index contributed by atoms with van der Waals surface area (Å²) in [5.41, 5.74) is 0.0706. The molecule has 0 spiro atoms. The van der Waals surface area contributed by atoms with Crippen LogP contribution in [0.25, 0.3) is 5.69 Å². The van der Waals surface area contributed by atoms with Gasteiger partial charge in [-0.05, 0) is 24.3 Å². The summed E-state index contributed by atoms with van der Waals surface area (Å²) < 4.78 is 15.3. The number of rotatable bonds is 2. The molecule has 0 saturated carbocycles. The second kappa shape index (κ2) is 4.05. The minimum Gasteiger partial charge on any atom is -0.476 e. The second-order valence-electron chi connectivity index (χ2n) is 3.05. The molecule has 0 fully saturated rings. The first-order valence-electron chi connectivity index (χ1n) is 4.32. The zero-order chi connectivity index (χ0) is 11.7. The minimum absolute atomic E-state index is 0.126. The van der Waals surface area contributed by atoms with E-state index in [1.807, 2.05) is 0 Å². The molecule has 0 atom stereocenters. The van der Waals surface area contributed by atoms with Gasteiger partial charge in [0, 0.05) is 10.7 Å². The highest BCUT2D eigenvalue weighted by atomic mass is 79.9. The molecule has 0 aliphatic carbocycles. The van der Waals surface area contributed by atoms with Crippen molar-refractivity contribution in [3.8, 4) is 5.69 Å². The third-order valence-electron chi connectivity index (χ3n) is 1.96. The Morgan fingerprint density at radius 1 is 1.44 bits per heavy atom. The summed E-state index contributed by atoms with van der Waals surface area (Å²) in [7, 11) is 0. The van der Waals surface area contributed by atoms with Crippen LogP contribution in [0.15, 0.2) is 34.9 Å². The monoisotopic (exact) mass is 284 g/mol. The van der Waals surface area contributed by atoms with Crippen LogP contribution in [0.2, 0.25) is 0 Å². The summed E-state index contributed by atoms with van der Waals surface area (Å²) in [5, 5.41) is 12.4. The van der Waals surface area contributed by atoms with Gasteiger partial charge in [0.1, 0.15) is 11.5 Å². The first-order valence-corrected chi connectivity index (χ1v) is 5.11. The Bertz CT molecular complexity index is 554. The normalized spacial score (nSPS) is 10.4. The number of aromatic carboxylic acids is 1.